The molecule has 0 bridgehead atoms. The molecule has 23 heavy (non-hydrogen) atoms. The van der Waals surface area contributed by atoms with E-state index in [9.17, 15) is 14.9 Å². The molecule has 118 valence electrons. The van der Waals surface area contributed by atoms with Crippen LogP contribution in [0.15, 0.2) is 24.3 Å². The Hall–Kier alpha value is -2.92. The summed E-state index contributed by atoms with van der Waals surface area (Å²) in [5.41, 5.74) is 1.25. The molecule has 0 spiro atoms. The molecule has 1 heterocycles. The maximum absolute atomic E-state index is 11.9. The average molecular weight is 331 g/mol. The van der Waals surface area contributed by atoms with Crippen molar-refractivity contribution in [2.24, 2.45) is 0 Å². The van der Waals surface area contributed by atoms with Crippen LogP contribution < -0.4 is 10.1 Å². The quantitative estimate of drug-likeness (QED) is 0.669. The minimum atomic E-state index is -0.513. The van der Waals surface area contributed by atoms with Gasteiger partial charge in [0.15, 0.2) is 6.61 Å². The van der Waals surface area contributed by atoms with Crippen LogP contribution in [-0.4, -0.2) is 17.4 Å². The first kappa shape index (κ1) is 16.5. The molecule has 1 N–H and O–H groups in total. The smallest absolute Gasteiger partial charge is 0.269 e. The van der Waals surface area contributed by atoms with Crippen LogP contribution in [0.1, 0.15) is 16.0 Å². The van der Waals surface area contributed by atoms with Gasteiger partial charge in [-0.3, -0.25) is 14.9 Å². The summed E-state index contributed by atoms with van der Waals surface area (Å²) in [6, 6.07) is 7.51. The zero-order chi connectivity index (χ0) is 17.0. The summed E-state index contributed by atoms with van der Waals surface area (Å²) in [5.74, 6) is -0.0501. The van der Waals surface area contributed by atoms with E-state index in [1.54, 1.807) is 0 Å². The van der Waals surface area contributed by atoms with Crippen molar-refractivity contribution >= 4 is 27.9 Å². The van der Waals surface area contributed by atoms with E-state index in [1.165, 1.54) is 35.6 Å². The van der Waals surface area contributed by atoms with Crippen LogP contribution in [0, 0.1) is 35.3 Å². The number of thiophene rings is 1. The Morgan fingerprint density at radius 1 is 1.39 bits per heavy atom. The monoisotopic (exact) mass is 331 g/mol. The maximum Gasteiger partial charge on any atom is 0.269 e. The van der Waals surface area contributed by atoms with Gasteiger partial charge in [0.05, 0.1) is 10.5 Å². The number of carbonyl (C=O) groups is 1. The van der Waals surface area contributed by atoms with Crippen molar-refractivity contribution in [3.05, 3.63) is 50.4 Å². The van der Waals surface area contributed by atoms with Gasteiger partial charge >= 0.3 is 0 Å². The second-order valence-electron chi connectivity index (χ2n) is 4.69. The van der Waals surface area contributed by atoms with Crippen molar-refractivity contribution in [3.63, 3.8) is 0 Å². The summed E-state index contributed by atoms with van der Waals surface area (Å²) in [7, 11) is 0. The third-order valence-corrected chi connectivity index (χ3v) is 4.29. The lowest BCUT2D eigenvalue weighted by Crippen LogP contribution is -2.20. The summed E-state index contributed by atoms with van der Waals surface area (Å²) in [5, 5.41) is 22.8. The lowest BCUT2D eigenvalue weighted by Gasteiger charge is -2.06. The van der Waals surface area contributed by atoms with Gasteiger partial charge in [0.1, 0.15) is 16.8 Å². The highest BCUT2D eigenvalue weighted by Gasteiger charge is 2.15. The van der Waals surface area contributed by atoms with Gasteiger partial charge < -0.3 is 10.1 Å². The van der Waals surface area contributed by atoms with E-state index < -0.39 is 10.8 Å². The Bertz CT molecular complexity index is 790. The molecule has 2 rings (SSSR count). The number of anilines is 1. The second-order valence-corrected chi connectivity index (χ2v) is 5.91. The number of hydrogen-bond acceptors (Lipinski definition) is 6. The fraction of sp³-hybridized carbons (Fsp3) is 0.200. The average Bonchev–Trinajstić information content (AvgIpc) is 2.79. The highest BCUT2D eigenvalue weighted by molar-refractivity contribution is 7.16. The number of carbonyl (C=O) groups excluding carboxylic acids is 1. The molecule has 0 atom stereocenters. The van der Waals surface area contributed by atoms with Crippen molar-refractivity contribution in [3.8, 4) is 11.8 Å². The highest BCUT2D eigenvalue weighted by Crippen LogP contribution is 2.31. The third kappa shape index (κ3) is 3.84. The van der Waals surface area contributed by atoms with Gasteiger partial charge in [-0.25, -0.2) is 0 Å². The van der Waals surface area contributed by atoms with Gasteiger partial charge in [-0.2, -0.15) is 5.26 Å². The third-order valence-electron chi connectivity index (χ3n) is 3.17. The standard InChI is InChI=1S/C15H13N3O4S/c1-9-10(2)23-15(13(9)7-16)17-14(19)8-22-12-5-3-11(4-6-12)18(20)21/h3-6H,8H2,1-2H3,(H,17,19). The Morgan fingerprint density at radius 3 is 2.61 bits per heavy atom. The molecule has 1 aromatic carbocycles. The number of nitrogens with one attached hydrogen (secondary N) is 1. The van der Waals surface area contributed by atoms with Gasteiger partial charge in [0.25, 0.3) is 11.6 Å². The first-order valence-electron chi connectivity index (χ1n) is 6.59. The Balaban J connectivity index is 1.97. The number of rotatable bonds is 5. The van der Waals surface area contributed by atoms with Crippen molar-refractivity contribution in [1.29, 1.82) is 5.26 Å². The number of nitriles is 1. The van der Waals surface area contributed by atoms with Gasteiger partial charge in [-0.15, -0.1) is 11.3 Å². The largest absolute Gasteiger partial charge is 0.484 e. The van der Waals surface area contributed by atoms with E-state index in [1.807, 2.05) is 13.8 Å². The molecule has 2 aromatic rings. The molecule has 1 aromatic heterocycles. The lowest BCUT2D eigenvalue weighted by atomic mass is 10.2. The molecular formula is C15H13N3O4S. The minimum absolute atomic E-state index is 0.0509. The van der Waals surface area contributed by atoms with Gasteiger partial charge in [-0.1, -0.05) is 0 Å². The normalized spacial score (nSPS) is 9.96. The van der Waals surface area contributed by atoms with Crippen LogP contribution in [-0.2, 0) is 4.79 Å². The molecule has 0 saturated carbocycles. The summed E-state index contributed by atoms with van der Waals surface area (Å²) in [6.07, 6.45) is 0. The van der Waals surface area contributed by atoms with Crippen LogP contribution in [0.2, 0.25) is 0 Å². The van der Waals surface area contributed by atoms with Gasteiger partial charge in [0, 0.05) is 17.0 Å². The molecule has 7 nitrogen and oxygen atoms in total. The van der Waals surface area contributed by atoms with Crippen LogP contribution in [0.5, 0.6) is 5.75 Å². The zero-order valence-corrected chi connectivity index (χ0v) is 13.3. The predicted molar refractivity (Wildman–Crippen MR) is 85.7 cm³/mol. The first-order chi connectivity index (χ1) is 10.9. The Morgan fingerprint density at radius 2 is 2.04 bits per heavy atom. The van der Waals surface area contributed by atoms with Crippen LogP contribution in [0.25, 0.3) is 0 Å². The number of hydrogen-bond donors (Lipinski definition) is 1. The van der Waals surface area contributed by atoms with Crippen LogP contribution in [0.4, 0.5) is 10.7 Å². The topological polar surface area (TPSA) is 105 Å². The number of amides is 1. The van der Waals surface area contributed by atoms with Crippen LogP contribution >= 0.6 is 11.3 Å². The fourth-order valence-corrected chi connectivity index (χ4v) is 2.85. The molecule has 0 aliphatic rings. The van der Waals surface area contributed by atoms with E-state index in [-0.39, 0.29) is 12.3 Å². The molecule has 8 heteroatoms. The molecule has 0 unspecified atom stereocenters. The number of nitrogens with zero attached hydrogens (tertiary/aromatic N) is 2. The molecule has 0 fully saturated rings. The number of nitro groups is 1. The van der Waals surface area contributed by atoms with E-state index in [0.717, 1.165) is 10.4 Å². The summed E-state index contributed by atoms with van der Waals surface area (Å²) < 4.78 is 5.27. The number of ether oxygens (including phenoxy) is 1. The SMILES string of the molecule is Cc1sc(NC(=O)COc2ccc([N+](=O)[O-])cc2)c(C#N)c1C. The highest BCUT2D eigenvalue weighted by atomic mass is 32.1. The maximum atomic E-state index is 11.9. The van der Waals surface area contributed by atoms with E-state index in [2.05, 4.69) is 11.4 Å². The van der Waals surface area contributed by atoms with E-state index >= 15 is 0 Å². The van der Waals surface area contributed by atoms with Crippen molar-refractivity contribution < 1.29 is 14.5 Å². The van der Waals surface area contributed by atoms with Crippen molar-refractivity contribution in [2.75, 3.05) is 11.9 Å². The molecule has 0 radical (unpaired) electrons. The lowest BCUT2D eigenvalue weighted by molar-refractivity contribution is -0.384. The van der Waals surface area contributed by atoms with Crippen molar-refractivity contribution in [1.82, 2.24) is 0 Å². The fourth-order valence-electron chi connectivity index (χ4n) is 1.83. The number of non-ortho nitro benzene ring substituents is 1. The molecular weight excluding hydrogens is 318 g/mol. The van der Waals surface area contributed by atoms with E-state index in [0.29, 0.717) is 16.3 Å². The first-order valence-corrected chi connectivity index (χ1v) is 7.41. The summed E-state index contributed by atoms with van der Waals surface area (Å²) in [4.78, 5) is 22.9. The Labute approximate surface area is 136 Å². The van der Waals surface area contributed by atoms with E-state index in [4.69, 9.17) is 10.00 Å². The number of nitro benzene ring substituents is 1. The van der Waals surface area contributed by atoms with Gasteiger partial charge in [0.2, 0.25) is 0 Å². The number of benzene rings is 1. The van der Waals surface area contributed by atoms with Gasteiger partial charge in [-0.05, 0) is 31.5 Å². The number of aryl methyl sites for hydroxylation is 1. The summed E-state index contributed by atoms with van der Waals surface area (Å²) >= 11 is 1.34. The molecule has 0 aliphatic carbocycles. The predicted octanol–water partition coefficient (Wildman–Crippen LogP) is 3.16. The minimum Gasteiger partial charge on any atom is -0.484 e. The second kappa shape index (κ2) is 6.89. The van der Waals surface area contributed by atoms with Crippen molar-refractivity contribution in [2.45, 2.75) is 13.8 Å². The Kier molecular flexibility index (Phi) is 4.93. The molecule has 0 saturated heterocycles. The van der Waals surface area contributed by atoms with Crippen LogP contribution in [0.3, 0.4) is 0 Å². The molecule has 1 amide bonds. The summed E-state index contributed by atoms with van der Waals surface area (Å²) in [6.45, 7) is 3.45. The molecule has 0 aliphatic heterocycles. The zero-order valence-electron chi connectivity index (χ0n) is 12.5.